The number of nitrogens with one attached hydrogen (secondary N) is 3. The van der Waals surface area contributed by atoms with Crippen LogP contribution in [0.2, 0.25) is 5.15 Å². The lowest BCUT2D eigenvalue weighted by Crippen LogP contribution is -2.31. The number of carbonyl (C=O) groups is 1. The van der Waals surface area contributed by atoms with E-state index in [0.717, 1.165) is 25.8 Å². The van der Waals surface area contributed by atoms with Crippen molar-refractivity contribution in [1.29, 1.82) is 0 Å². The second-order valence-corrected chi connectivity index (χ2v) is 12.5. The van der Waals surface area contributed by atoms with Gasteiger partial charge in [0.2, 0.25) is 0 Å². The largest absolute Gasteiger partial charge is 0.370 e. The van der Waals surface area contributed by atoms with Gasteiger partial charge in [0.15, 0.2) is 5.03 Å². The van der Waals surface area contributed by atoms with Gasteiger partial charge in [-0.1, -0.05) is 38.4 Å². The number of pyridine rings is 2. The highest BCUT2D eigenvalue weighted by Crippen LogP contribution is 2.27. The van der Waals surface area contributed by atoms with Gasteiger partial charge in [0.05, 0.1) is 5.56 Å². The molecule has 2 aromatic rings. The SMILES string of the molecule is CC1(C)C[C@H](CCCNc2cccc(S(=O)(=O)NC(=O)c3ccc(C(C)(C)C)nc3Cl)n2)CN1.Cl. The summed E-state index contributed by atoms with van der Waals surface area (Å²) < 4.78 is 27.6. The van der Waals surface area contributed by atoms with Crippen molar-refractivity contribution in [3.8, 4) is 0 Å². The van der Waals surface area contributed by atoms with Crippen LogP contribution >= 0.6 is 24.0 Å². The number of anilines is 1. The van der Waals surface area contributed by atoms with Crippen LogP contribution in [0.4, 0.5) is 5.82 Å². The summed E-state index contributed by atoms with van der Waals surface area (Å²) >= 11 is 6.17. The number of nitrogens with zero attached hydrogens (tertiary/aromatic N) is 2. The summed E-state index contributed by atoms with van der Waals surface area (Å²) in [4.78, 5) is 21.0. The molecule has 0 radical (unpaired) electrons. The molecule has 0 aliphatic carbocycles. The van der Waals surface area contributed by atoms with Gasteiger partial charge in [-0.25, -0.2) is 14.7 Å². The van der Waals surface area contributed by atoms with Crippen LogP contribution in [-0.4, -0.2) is 42.9 Å². The molecule has 0 saturated carbocycles. The van der Waals surface area contributed by atoms with Gasteiger partial charge in [0, 0.05) is 23.2 Å². The van der Waals surface area contributed by atoms with E-state index in [-0.39, 0.29) is 39.1 Å². The van der Waals surface area contributed by atoms with Gasteiger partial charge in [-0.05, 0) is 69.8 Å². The highest BCUT2D eigenvalue weighted by atomic mass is 35.5. The lowest BCUT2D eigenvalue weighted by Gasteiger charge is -2.18. The van der Waals surface area contributed by atoms with E-state index in [0.29, 0.717) is 24.0 Å². The predicted octanol–water partition coefficient (Wildman–Crippen LogP) is 4.55. The fraction of sp³-hybridized carbons (Fsp3) is 0.542. The molecule has 1 atom stereocenters. The third-order valence-corrected chi connectivity index (χ3v) is 7.37. The van der Waals surface area contributed by atoms with E-state index in [9.17, 15) is 13.2 Å². The van der Waals surface area contributed by atoms with Crippen molar-refractivity contribution in [2.24, 2.45) is 5.92 Å². The highest BCUT2D eigenvalue weighted by Gasteiger charge is 2.29. The second-order valence-electron chi connectivity index (χ2n) is 10.5. The number of halogens is 2. The van der Waals surface area contributed by atoms with Crippen molar-refractivity contribution in [3.05, 3.63) is 46.7 Å². The number of hydrogen-bond acceptors (Lipinski definition) is 7. The smallest absolute Gasteiger partial charge is 0.281 e. The molecule has 194 valence electrons. The molecule has 35 heavy (non-hydrogen) atoms. The van der Waals surface area contributed by atoms with Crippen molar-refractivity contribution < 1.29 is 13.2 Å². The van der Waals surface area contributed by atoms with Gasteiger partial charge in [0.25, 0.3) is 15.9 Å². The van der Waals surface area contributed by atoms with Gasteiger partial charge in [0.1, 0.15) is 11.0 Å². The minimum absolute atomic E-state index is 0. The Hall–Kier alpha value is -1.94. The number of sulfonamides is 1. The molecule has 1 aliphatic rings. The van der Waals surface area contributed by atoms with Gasteiger partial charge < -0.3 is 10.6 Å². The third-order valence-electron chi connectivity index (χ3n) is 5.85. The molecule has 0 bridgehead atoms. The van der Waals surface area contributed by atoms with Crippen LogP contribution in [0.3, 0.4) is 0 Å². The Balaban J connectivity index is 0.00000432. The number of rotatable bonds is 8. The summed E-state index contributed by atoms with van der Waals surface area (Å²) in [6.45, 7) is 12.0. The van der Waals surface area contributed by atoms with E-state index in [1.807, 2.05) is 25.5 Å². The van der Waals surface area contributed by atoms with Crippen LogP contribution in [0.15, 0.2) is 35.4 Å². The Bertz CT molecular complexity index is 1150. The Labute approximate surface area is 219 Å². The minimum Gasteiger partial charge on any atom is -0.370 e. The van der Waals surface area contributed by atoms with Gasteiger partial charge in [-0.2, -0.15) is 8.42 Å². The summed E-state index contributed by atoms with van der Waals surface area (Å²) in [5.41, 5.74) is 0.622. The van der Waals surface area contributed by atoms with E-state index in [2.05, 4.69) is 34.4 Å². The molecule has 8 nitrogen and oxygen atoms in total. The molecule has 11 heteroatoms. The van der Waals surface area contributed by atoms with Gasteiger partial charge in [-0.15, -0.1) is 12.4 Å². The molecule has 0 aromatic carbocycles. The van der Waals surface area contributed by atoms with E-state index < -0.39 is 15.9 Å². The van der Waals surface area contributed by atoms with Crippen LogP contribution in [0.25, 0.3) is 0 Å². The zero-order valence-corrected chi connectivity index (χ0v) is 23.2. The Morgan fingerprint density at radius 2 is 1.91 bits per heavy atom. The van der Waals surface area contributed by atoms with Gasteiger partial charge >= 0.3 is 0 Å². The van der Waals surface area contributed by atoms with Crippen LogP contribution in [0, 0.1) is 5.92 Å². The molecule has 1 aliphatic heterocycles. The first kappa shape index (κ1) is 29.3. The molecule has 1 saturated heterocycles. The lowest BCUT2D eigenvalue weighted by atomic mass is 9.91. The summed E-state index contributed by atoms with van der Waals surface area (Å²) in [5, 5.41) is 6.40. The van der Waals surface area contributed by atoms with Crippen molar-refractivity contribution in [3.63, 3.8) is 0 Å². The second kappa shape index (κ2) is 11.4. The Morgan fingerprint density at radius 1 is 1.20 bits per heavy atom. The first-order chi connectivity index (χ1) is 15.8. The maximum absolute atomic E-state index is 12.8. The summed E-state index contributed by atoms with van der Waals surface area (Å²) in [6.07, 6.45) is 3.19. The molecular weight excluding hydrogens is 509 g/mol. The molecule has 1 fully saturated rings. The number of amides is 1. The fourth-order valence-corrected chi connectivity index (χ4v) is 5.19. The zero-order chi connectivity index (χ0) is 25.1. The topological polar surface area (TPSA) is 113 Å². The van der Waals surface area contributed by atoms with E-state index in [4.69, 9.17) is 11.6 Å². The zero-order valence-electron chi connectivity index (χ0n) is 20.8. The average molecular weight is 545 g/mol. The Morgan fingerprint density at radius 3 is 2.51 bits per heavy atom. The van der Waals surface area contributed by atoms with Crippen molar-refractivity contribution in [2.45, 2.75) is 69.9 Å². The first-order valence-corrected chi connectivity index (χ1v) is 13.3. The maximum Gasteiger partial charge on any atom is 0.281 e. The van der Waals surface area contributed by atoms with E-state index >= 15 is 0 Å². The van der Waals surface area contributed by atoms with E-state index in [1.165, 1.54) is 12.1 Å². The summed E-state index contributed by atoms with van der Waals surface area (Å²) in [6, 6.07) is 7.78. The average Bonchev–Trinajstić information content (AvgIpc) is 3.09. The molecule has 0 unspecified atom stereocenters. The minimum atomic E-state index is -4.19. The van der Waals surface area contributed by atoms with Crippen molar-refractivity contribution in [2.75, 3.05) is 18.4 Å². The third kappa shape index (κ3) is 8.03. The fourth-order valence-electron chi connectivity index (χ4n) is 4.01. The molecule has 3 heterocycles. The van der Waals surface area contributed by atoms with Crippen LogP contribution < -0.4 is 15.4 Å². The molecule has 2 aromatic heterocycles. The Kier molecular flexibility index (Phi) is 9.55. The van der Waals surface area contributed by atoms with Gasteiger partial charge in [-0.3, -0.25) is 4.79 Å². The molecule has 3 rings (SSSR count). The number of hydrogen-bond donors (Lipinski definition) is 3. The quantitative estimate of drug-likeness (QED) is 0.330. The van der Waals surface area contributed by atoms with Crippen molar-refractivity contribution in [1.82, 2.24) is 20.0 Å². The van der Waals surface area contributed by atoms with Crippen LogP contribution in [-0.2, 0) is 15.4 Å². The number of aromatic nitrogens is 2. The summed E-state index contributed by atoms with van der Waals surface area (Å²) in [5.74, 6) is 0.228. The normalized spacial score (nSPS) is 17.5. The molecule has 0 spiro atoms. The number of carbonyl (C=O) groups excluding carboxylic acids is 1. The highest BCUT2D eigenvalue weighted by molar-refractivity contribution is 7.90. The standard InChI is InChI=1S/C24H34ClN5O3S.ClH/c1-23(2,3)18-12-11-17(21(25)28-18)22(31)30-34(32,33)20-10-6-9-19(29-20)26-13-7-8-16-14-24(4,5)27-15-16;/h6,9-12,16,27H,7-8,13-15H2,1-5H3,(H,26,29)(H,30,31);1H/t16-;/m0./s1. The van der Waals surface area contributed by atoms with E-state index in [1.54, 1.807) is 18.2 Å². The molecule has 1 amide bonds. The first-order valence-electron chi connectivity index (χ1n) is 11.5. The maximum atomic E-state index is 12.8. The summed E-state index contributed by atoms with van der Waals surface area (Å²) in [7, 11) is -4.19. The molecular formula is C24H35Cl2N5O3S. The predicted molar refractivity (Wildman–Crippen MR) is 142 cm³/mol. The monoisotopic (exact) mass is 543 g/mol. The van der Waals surface area contributed by atoms with Crippen molar-refractivity contribution >= 4 is 45.8 Å². The lowest BCUT2D eigenvalue weighted by molar-refractivity contribution is 0.0981. The van der Waals surface area contributed by atoms with Crippen LogP contribution in [0.1, 0.15) is 69.9 Å². The van der Waals surface area contributed by atoms with Crippen LogP contribution in [0.5, 0.6) is 0 Å². The molecule has 3 N–H and O–H groups in total.